The van der Waals surface area contributed by atoms with E-state index in [-0.39, 0.29) is 17.7 Å². The van der Waals surface area contributed by atoms with Gasteiger partial charge in [0.25, 0.3) is 5.91 Å². The Morgan fingerprint density at radius 1 is 0.861 bits per heavy atom. The lowest BCUT2D eigenvalue weighted by atomic mass is 9.88. The molecule has 176 valence electrons. The summed E-state index contributed by atoms with van der Waals surface area (Å²) in [5.41, 5.74) is 4.47. The van der Waals surface area contributed by atoms with Crippen LogP contribution < -0.4 is 9.80 Å². The normalized spacial score (nSPS) is 24.2. The molecule has 4 atom stereocenters. The van der Waals surface area contributed by atoms with Gasteiger partial charge in [-0.2, -0.15) is 4.68 Å². The second-order valence-electron chi connectivity index (χ2n) is 9.49. The van der Waals surface area contributed by atoms with Crippen LogP contribution >= 0.6 is 0 Å². The summed E-state index contributed by atoms with van der Waals surface area (Å²) in [5.74, 6) is -2.57. The fourth-order valence-electron chi connectivity index (χ4n) is 5.90. The molecule has 0 bridgehead atoms. The van der Waals surface area contributed by atoms with Gasteiger partial charge in [-0.15, -0.1) is 5.10 Å². The van der Waals surface area contributed by atoms with Gasteiger partial charge < -0.3 is 4.90 Å². The summed E-state index contributed by atoms with van der Waals surface area (Å²) in [7, 11) is 0. The van der Waals surface area contributed by atoms with Crippen molar-refractivity contribution in [2.45, 2.75) is 19.0 Å². The monoisotopic (exact) mass is 475 g/mol. The average molecular weight is 476 g/mol. The van der Waals surface area contributed by atoms with Crippen molar-refractivity contribution in [2.75, 3.05) is 9.80 Å². The van der Waals surface area contributed by atoms with E-state index in [1.807, 2.05) is 72.5 Å². The van der Waals surface area contributed by atoms with Crippen molar-refractivity contribution < 1.29 is 14.4 Å². The maximum Gasteiger partial charge on any atom is 0.272 e. The zero-order valence-corrected chi connectivity index (χ0v) is 19.4. The molecule has 3 aliphatic rings. The van der Waals surface area contributed by atoms with E-state index in [0.29, 0.717) is 16.7 Å². The number of nitrogens with zero attached hydrogens (tertiary/aromatic N) is 5. The zero-order chi connectivity index (χ0) is 24.6. The summed E-state index contributed by atoms with van der Waals surface area (Å²) in [5, 5.41) is 8.29. The maximum atomic E-state index is 14.2. The third-order valence-corrected chi connectivity index (χ3v) is 7.52. The highest BCUT2D eigenvalue weighted by molar-refractivity contribution is 6.25. The van der Waals surface area contributed by atoms with E-state index in [1.54, 1.807) is 24.3 Å². The lowest BCUT2D eigenvalue weighted by Gasteiger charge is -2.36. The van der Waals surface area contributed by atoms with Crippen LogP contribution in [0.15, 0.2) is 78.9 Å². The maximum absolute atomic E-state index is 14.2. The number of carbonyl (C=O) groups is 3. The molecule has 8 nitrogen and oxygen atoms in total. The Morgan fingerprint density at radius 2 is 1.58 bits per heavy atom. The van der Waals surface area contributed by atoms with E-state index in [1.165, 1.54) is 9.58 Å². The van der Waals surface area contributed by atoms with E-state index >= 15 is 0 Å². The van der Waals surface area contributed by atoms with Gasteiger partial charge in [0.2, 0.25) is 11.8 Å². The number of aromatic nitrogens is 3. The molecular weight excluding hydrogens is 454 g/mol. The predicted octanol–water partition coefficient (Wildman–Crippen LogP) is 3.47. The third-order valence-electron chi connectivity index (χ3n) is 7.52. The minimum Gasteiger partial charge on any atom is -0.351 e. The smallest absolute Gasteiger partial charge is 0.272 e. The van der Waals surface area contributed by atoms with Crippen molar-refractivity contribution in [2.24, 2.45) is 11.8 Å². The topological polar surface area (TPSA) is 88.4 Å². The van der Waals surface area contributed by atoms with Crippen molar-refractivity contribution >= 4 is 46.2 Å². The summed E-state index contributed by atoms with van der Waals surface area (Å²) >= 11 is 0. The predicted molar refractivity (Wildman–Crippen MR) is 134 cm³/mol. The fraction of sp³-hybridized carbons (Fsp3) is 0.179. The summed E-state index contributed by atoms with van der Waals surface area (Å²) in [4.78, 5) is 45.1. The molecule has 2 amide bonds. The highest BCUT2D eigenvalue weighted by Gasteiger charge is 2.64. The van der Waals surface area contributed by atoms with E-state index in [0.717, 1.165) is 16.8 Å². The fourth-order valence-corrected chi connectivity index (χ4v) is 5.90. The molecule has 0 saturated carbocycles. The molecule has 4 heterocycles. The second kappa shape index (κ2) is 7.45. The molecule has 0 radical (unpaired) electrons. The summed E-state index contributed by atoms with van der Waals surface area (Å²) in [6.07, 6.45) is 3.91. The number of para-hydroxylation sites is 2. The van der Waals surface area contributed by atoms with Crippen LogP contribution in [-0.2, 0) is 9.59 Å². The first-order valence-electron chi connectivity index (χ1n) is 11.9. The Balaban J connectivity index is 1.39. The molecule has 0 aliphatic carbocycles. The number of anilines is 2. The second-order valence-corrected chi connectivity index (χ2v) is 9.49. The van der Waals surface area contributed by atoms with Crippen molar-refractivity contribution in [3.05, 3.63) is 90.0 Å². The molecule has 3 aromatic carbocycles. The number of aryl methyl sites for hydroxylation is 1. The number of amides is 2. The van der Waals surface area contributed by atoms with E-state index in [9.17, 15) is 14.4 Å². The Hall–Kier alpha value is -4.59. The molecule has 36 heavy (non-hydrogen) atoms. The molecule has 2 fully saturated rings. The zero-order valence-electron chi connectivity index (χ0n) is 19.4. The van der Waals surface area contributed by atoms with Gasteiger partial charge in [0, 0.05) is 5.69 Å². The lowest BCUT2D eigenvalue weighted by Crippen LogP contribution is -2.50. The molecule has 8 heteroatoms. The number of fused-ring (bicyclic) bond motifs is 6. The number of imide groups is 1. The number of hydrogen-bond acceptors (Lipinski definition) is 6. The van der Waals surface area contributed by atoms with Crippen LogP contribution in [-0.4, -0.2) is 44.8 Å². The number of hydrogen-bond donors (Lipinski definition) is 0. The van der Waals surface area contributed by atoms with Gasteiger partial charge in [-0.05, 0) is 42.8 Å². The molecule has 0 N–H and O–H groups in total. The van der Waals surface area contributed by atoms with Gasteiger partial charge in [-0.1, -0.05) is 65.4 Å². The SMILES string of the molecule is Cc1ccc(N2C(=O)[C@@H]3[C@H](C2=O)[C@@H](C(=O)n2nnc4ccccc42)N2c4ccccc4C=C[C@H]32)cc1. The highest BCUT2D eigenvalue weighted by atomic mass is 16.2. The first-order chi connectivity index (χ1) is 17.5. The lowest BCUT2D eigenvalue weighted by molar-refractivity contribution is -0.122. The summed E-state index contributed by atoms with van der Waals surface area (Å²) in [6, 6.07) is 20.9. The van der Waals surface area contributed by atoms with Gasteiger partial charge in [-0.25, -0.2) is 4.90 Å². The van der Waals surface area contributed by atoms with Crippen LogP contribution in [0.5, 0.6) is 0 Å². The number of rotatable bonds is 2. The van der Waals surface area contributed by atoms with Gasteiger partial charge in [-0.3, -0.25) is 14.4 Å². The van der Waals surface area contributed by atoms with Gasteiger partial charge in [0.15, 0.2) is 0 Å². The van der Waals surface area contributed by atoms with Crippen LogP contribution in [0, 0.1) is 18.8 Å². The van der Waals surface area contributed by atoms with Crippen molar-refractivity contribution in [3.8, 4) is 0 Å². The molecule has 0 unspecified atom stereocenters. The minimum absolute atomic E-state index is 0.286. The average Bonchev–Trinajstić information content (AvgIpc) is 3.56. The Kier molecular flexibility index (Phi) is 4.30. The van der Waals surface area contributed by atoms with Crippen molar-refractivity contribution in [1.29, 1.82) is 0 Å². The minimum atomic E-state index is -0.914. The van der Waals surface area contributed by atoms with Crippen LogP contribution in [0.4, 0.5) is 11.4 Å². The number of carbonyl (C=O) groups excluding carboxylic acids is 3. The van der Waals surface area contributed by atoms with Gasteiger partial charge >= 0.3 is 0 Å². The van der Waals surface area contributed by atoms with Crippen LogP contribution in [0.25, 0.3) is 17.1 Å². The van der Waals surface area contributed by atoms with Crippen molar-refractivity contribution in [3.63, 3.8) is 0 Å². The van der Waals surface area contributed by atoms with Gasteiger partial charge in [0.1, 0.15) is 11.6 Å². The Bertz CT molecular complexity index is 1600. The Morgan fingerprint density at radius 3 is 2.42 bits per heavy atom. The molecule has 7 rings (SSSR count). The molecule has 3 aliphatic heterocycles. The van der Waals surface area contributed by atoms with Crippen LogP contribution in [0.3, 0.4) is 0 Å². The highest BCUT2D eigenvalue weighted by Crippen LogP contribution is 2.49. The van der Waals surface area contributed by atoms with Crippen LogP contribution in [0.2, 0.25) is 0 Å². The summed E-state index contributed by atoms with van der Waals surface area (Å²) in [6.45, 7) is 1.95. The molecule has 1 aromatic heterocycles. The largest absolute Gasteiger partial charge is 0.351 e. The molecule has 2 saturated heterocycles. The molecule has 4 aromatic rings. The standard InChI is InChI=1S/C28H21N5O3/c1-16-10-13-18(14-11-16)31-26(34)23-22-15-12-17-6-2-4-8-20(17)32(22)25(24(23)27(31)35)28(36)33-21-9-5-3-7-19(21)29-30-33/h2-15,22-25H,1H3/t22-,23+,24+,25+/m1/s1. The van der Waals surface area contributed by atoms with E-state index < -0.39 is 23.9 Å². The van der Waals surface area contributed by atoms with E-state index in [4.69, 9.17) is 0 Å². The van der Waals surface area contributed by atoms with Crippen molar-refractivity contribution in [1.82, 2.24) is 15.0 Å². The quantitative estimate of drug-likeness (QED) is 0.413. The van der Waals surface area contributed by atoms with Crippen LogP contribution in [0.1, 0.15) is 15.9 Å². The number of benzene rings is 3. The molecular formula is C28H21N5O3. The summed E-state index contributed by atoms with van der Waals surface area (Å²) < 4.78 is 1.27. The van der Waals surface area contributed by atoms with Gasteiger partial charge in [0.05, 0.1) is 29.1 Å². The Labute approximate surface area is 206 Å². The first-order valence-corrected chi connectivity index (χ1v) is 11.9. The first kappa shape index (κ1) is 20.8. The van der Waals surface area contributed by atoms with E-state index in [2.05, 4.69) is 10.3 Å². The third kappa shape index (κ3) is 2.72. The molecule has 0 spiro atoms.